The van der Waals surface area contributed by atoms with E-state index >= 15 is 0 Å². The first-order chi connectivity index (χ1) is 12.4. The Kier molecular flexibility index (Phi) is 7.06. The van der Waals surface area contributed by atoms with E-state index in [1.54, 1.807) is 0 Å². The van der Waals surface area contributed by atoms with Gasteiger partial charge in [-0.15, -0.1) is 0 Å². The predicted octanol–water partition coefficient (Wildman–Crippen LogP) is 3.64. The monoisotopic (exact) mass is 358 g/mol. The Hall–Kier alpha value is -2.50. The third-order valence-corrected chi connectivity index (χ3v) is 3.82. The molecule has 0 aliphatic heterocycles. The molecule has 2 rings (SSSR count). The highest BCUT2D eigenvalue weighted by Crippen LogP contribution is 2.22. The zero-order valence-corrected chi connectivity index (χ0v) is 16.6. The van der Waals surface area contributed by atoms with Gasteiger partial charge in [0.05, 0.1) is 24.9 Å². The first kappa shape index (κ1) is 19.8. The molecule has 0 bridgehead atoms. The lowest BCUT2D eigenvalue weighted by atomic mass is 10.1. The Morgan fingerprint density at radius 3 is 2.62 bits per heavy atom. The van der Waals surface area contributed by atoms with Crippen molar-refractivity contribution in [2.75, 3.05) is 6.54 Å². The molecule has 6 nitrogen and oxygen atoms in total. The minimum absolute atomic E-state index is 0.127. The summed E-state index contributed by atoms with van der Waals surface area (Å²) in [4.78, 5) is 9.06. The van der Waals surface area contributed by atoms with Crippen LogP contribution < -0.4 is 15.4 Å². The average molecular weight is 358 g/mol. The van der Waals surface area contributed by atoms with Crippen LogP contribution in [0.2, 0.25) is 0 Å². The molecule has 1 heterocycles. The summed E-state index contributed by atoms with van der Waals surface area (Å²) in [6.45, 7) is 13.8. The fourth-order valence-corrected chi connectivity index (χ4v) is 2.44. The molecular weight excluding hydrogens is 328 g/mol. The van der Waals surface area contributed by atoms with E-state index < -0.39 is 0 Å². The van der Waals surface area contributed by atoms with Crippen LogP contribution >= 0.6 is 0 Å². The molecule has 0 aliphatic carbocycles. The Balaban J connectivity index is 2.08. The van der Waals surface area contributed by atoms with Gasteiger partial charge in [0.25, 0.3) is 0 Å². The van der Waals surface area contributed by atoms with Gasteiger partial charge in [0.2, 0.25) is 5.89 Å². The number of aliphatic imine (C=N–C) groups is 1. The maximum Gasteiger partial charge on any atom is 0.214 e. The average Bonchev–Trinajstić information content (AvgIpc) is 2.89. The molecule has 0 atom stereocenters. The highest BCUT2D eigenvalue weighted by atomic mass is 16.5. The number of hydrogen-bond donors (Lipinski definition) is 2. The zero-order chi connectivity index (χ0) is 19.1. The summed E-state index contributed by atoms with van der Waals surface area (Å²) in [5.74, 6) is 3.11. The molecule has 0 unspecified atom stereocenters. The molecule has 26 heavy (non-hydrogen) atoms. The minimum Gasteiger partial charge on any atom is -0.491 e. The van der Waals surface area contributed by atoms with Crippen LogP contribution in [0.25, 0.3) is 0 Å². The molecule has 1 aromatic carbocycles. The van der Waals surface area contributed by atoms with Gasteiger partial charge in [0, 0.05) is 12.1 Å². The molecule has 0 spiro atoms. The molecule has 6 heteroatoms. The second kappa shape index (κ2) is 9.27. The lowest BCUT2D eigenvalue weighted by Gasteiger charge is -2.15. The smallest absolute Gasteiger partial charge is 0.214 e. The van der Waals surface area contributed by atoms with Gasteiger partial charge in [0.15, 0.2) is 5.96 Å². The fourth-order valence-electron chi connectivity index (χ4n) is 2.44. The number of aromatic nitrogens is 1. The van der Waals surface area contributed by atoms with Gasteiger partial charge < -0.3 is 19.8 Å². The van der Waals surface area contributed by atoms with E-state index in [1.165, 1.54) is 5.56 Å². The molecule has 2 N–H and O–H groups in total. The number of nitrogens with zero attached hydrogens (tertiary/aromatic N) is 2. The molecule has 142 valence electrons. The van der Waals surface area contributed by atoms with E-state index in [0.717, 1.165) is 35.3 Å². The van der Waals surface area contributed by atoms with Crippen LogP contribution in [-0.2, 0) is 13.1 Å². The largest absolute Gasteiger partial charge is 0.491 e. The molecule has 1 aromatic heterocycles. The number of guanidine groups is 1. The number of rotatable bonds is 7. The van der Waals surface area contributed by atoms with E-state index in [-0.39, 0.29) is 6.10 Å². The lowest BCUT2D eigenvalue weighted by molar-refractivity contribution is 0.240. The van der Waals surface area contributed by atoms with Crippen molar-refractivity contribution in [1.29, 1.82) is 0 Å². The van der Waals surface area contributed by atoms with Crippen molar-refractivity contribution in [1.82, 2.24) is 15.6 Å². The van der Waals surface area contributed by atoms with Crippen LogP contribution in [-0.4, -0.2) is 23.6 Å². The second-order valence-corrected chi connectivity index (χ2v) is 6.58. The van der Waals surface area contributed by atoms with Crippen molar-refractivity contribution < 1.29 is 9.15 Å². The van der Waals surface area contributed by atoms with Crippen LogP contribution in [0, 0.1) is 20.8 Å². The van der Waals surface area contributed by atoms with E-state index in [9.17, 15) is 0 Å². The molecule has 0 aliphatic rings. The Morgan fingerprint density at radius 1 is 1.23 bits per heavy atom. The van der Waals surface area contributed by atoms with E-state index in [4.69, 9.17) is 9.15 Å². The first-order valence-corrected chi connectivity index (χ1v) is 9.10. The van der Waals surface area contributed by atoms with Gasteiger partial charge in [-0.3, -0.25) is 0 Å². The highest BCUT2D eigenvalue weighted by Gasteiger charge is 2.08. The van der Waals surface area contributed by atoms with Crippen molar-refractivity contribution in [3.05, 3.63) is 46.7 Å². The molecule has 0 amide bonds. The topological polar surface area (TPSA) is 71.7 Å². The number of oxazole rings is 1. The number of hydrogen-bond acceptors (Lipinski definition) is 4. The van der Waals surface area contributed by atoms with Crippen LogP contribution in [0.5, 0.6) is 5.75 Å². The van der Waals surface area contributed by atoms with Gasteiger partial charge in [-0.25, -0.2) is 9.98 Å². The molecule has 0 saturated heterocycles. The fraction of sp³-hybridized carbons (Fsp3) is 0.500. The van der Waals surface area contributed by atoms with Crippen molar-refractivity contribution in [3.8, 4) is 5.75 Å². The third kappa shape index (κ3) is 5.79. The normalized spacial score (nSPS) is 11.7. The number of ether oxygens (including phenoxy) is 1. The lowest BCUT2D eigenvalue weighted by Crippen LogP contribution is -2.36. The number of benzene rings is 1. The van der Waals surface area contributed by atoms with Crippen molar-refractivity contribution in [2.45, 2.75) is 60.7 Å². The van der Waals surface area contributed by atoms with E-state index in [0.29, 0.717) is 19.0 Å². The summed E-state index contributed by atoms with van der Waals surface area (Å²) in [5, 5.41) is 6.51. The molecular formula is C20H30N4O2. The van der Waals surface area contributed by atoms with Crippen molar-refractivity contribution in [3.63, 3.8) is 0 Å². The SMILES string of the molecule is CCNC(=NCc1ccc(C)cc1OC(C)C)NCc1nc(C)c(C)o1. The van der Waals surface area contributed by atoms with Crippen LogP contribution in [0.1, 0.15) is 49.2 Å². The first-order valence-electron chi connectivity index (χ1n) is 9.10. The van der Waals surface area contributed by atoms with E-state index in [2.05, 4.69) is 45.7 Å². The summed E-state index contributed by atoms with van der Waals surface area (Å²) in [5.41, 5.74) is 3.15. The summed E-state index contributed by atoms with van der Waals surface area (Å²) in [6, 6.07) is 6.21. The van der Waals surface area contributed by atoms with Gasteiger partial charge in [-0.05, 0) is 53.2 Å². The van der Waals surface area contributed by atoms with Crippen LogP contribution in [0.15, 0.2) is 27.6 Å². The van der Waals surface area contributed by atoms with Crippen molar-refractivity contribution in [2.24, 2.45) is 4.99 Å². The van der Waals surface area contributed by atoms with Gasteiger partial charge in [-0.1, -0.05) is 12.1 Å². The van der Waals surface area contributed by atoms with E-state index in [1.807, 2.05) is 34.6 Å². The molecule has 2 aromatic rings. The summed E-state index contributed by atoms with van der Waals surface area (Å²) < 4.78 is 11.5. The van der Waals surface area contributed by atoms with Gasteiger partial charge in [0.1, 0.15) is 11.5 Å². The van der Waals surface area contributed by atoms with Crippen LogP contribution in [0.4, 0.5) is 0 Å². The standard InChI is InChI=1S/C20H30N4O2/c1-7-21-20(23-12-19-24-15(5)16(6)26-19)22-11-17-9-8-14(4)10-18(17)25-13(2)3/h8-10,13H,7,11-12H2,1-6H3,(H2,21,22,23). The van der Waals surface area contributed by atoms with Gasteiger partial charge in [-0.2, -0.15) is 0 Å². The summed E-state index contributed by atoms with van der Waals surface area (Å²) in [7, 11) is 0. The predicted molar refractivity (Wildman–Crippen MR) is 105 cm³/mol. The maximum atomic E-state index is 5.93. The third-order valence-electron chi connectivity index (χ3n) is 3.82. The number of aryl methyl sites for hydroxylation is 3. The minimum atomic E-state index is 0.127. The van der Waals surface area contributed by atoms with Gasteiger partial charge >= 0.3 is 0 Å². The Morgan fingerprint density at radius 2 is 2.00 bits per heavy atom. The Bertz CT molecular complexity index is 731. The number of nitrogens with one attached hydrogen (secondary N) is 2. The quantitative estimate of drug-likeness (QED) is 0.584. The molecule has 0 fully saturated rings. The van der Waals surface area contributed by atoms with Crippen molar-refractivity contribution >= 4 is 5.96 Å². The molecule has 0 radical (unpaired) electrons. The Labute approximate surface area is 156 Å². The summed E-state index contributed by atoms with van der Waals surface area (Å²) >= 11 is 0. The second-order valence-electron chi connectivity index (χ2n) is 6.58. The maximum absolute atomic E-state index is 5.93. The van der Waals surface area contributed by atoms with Crippen LogP contribution in [0.3, 0.4) is 0 Å². The zero-order valence-electron chi connectivity index (χ0n) is 16.6. The highest BCUT2D eigenvalue weighted by molar-refractivity contribution is 5.79. The molecule has 0 saturated carbocycles. The summed E-state index contributed by atoms with van der Waals surface area (Å²) in [6.07, 6.45) is 0.127.